The lowest BCUT2D eigenvalue weighted by molar-refractivity contribution is 0.0738. The van der Waals surface area contributed by atoms with Crippen LogP contribution in [0.5, 0.6) is 0 Å². The maximum atomic E-state index is 12.9. The SMILES string of the molecule is CCOC1CCN(S(=O)(=O)c2ccc(-c3cccnc3)c(CN)c2)C1. The fourth-order valence-corrected chi connectivity index (χ4v) is 4.68. The average Bonchev–Trinajstić information content (AvgIpc) is 3.12. The molecule has 1 saturated heterocycles. The highest BCUT2D eigenvalue weighted by Crippen LogP contribution is 2.28. The molecule has 0 amide bonds. The molecule has 0 spiro atoms. The van der Waals surface area contributed by atoms with E-state index in [0.29, 0.717) is 19.7 Å². The Hall–Kier alpha value is -1.80. The summed E-state index contributed by atoms with van der Waals surface area (Å²) >= 11 is 0. The summed E-state index contributed by atoms with van der Waals surface area (Å²) in [6.45, 7) is 3.65. The summed E-state index contributed by atoms with van der Waals surface area (Å²) in [6.07, 6.45) is 4.15. The number of benzene rings is 1. The maximum Gasteiger partial charge on any atom is 0.243 e. The van der Waals surface area contributed by atoms with Crippen LogP contribution in [0.4, 0.5) is 0 Å². The molecule has 2 aromatic rings. The highest BCUT2D eigenvalue weighted by molar-refractivity contribution is 7.89. The maximum absolute atomic E-state index is 12.9. The fraction of sp³-hybridized carbons (Fsp3) is 0.389. The van der Waals surface area contributed by atoms with Crippen molar-refractivity contribution >= 4 is 10.0 Å². The molecule has 0 saturated carbocycles. The van der Waals surface area contributed by atoms with Gasteiger partial charge in [-0.1, -0.05) is 12.1 Å². The van der Waals surface area contributed by atoms with Gasteiger partial charge in [-0.25, -0.2) is 8.42 Å². The second kappa shape index (κ2) is 7.61. The zero-order valence-corrected chi connectivity index (χ0v) is 15.1. The van der Waals surface area contributed by atoms with Gasteiger partial charge in [-0.2, -0.15) is 4.31 Å². The van der Waals surface area contributed by atoms with Gasteiger partial charge in [0.2, 0.25) is 10.0 Å². The van der Waals surface area contributed by atoms with E-state index in [4.69, 9.17) is 10.5 Å². The molecule has 25 heavy (non-hydrogen) atoms. The summed E-state index contributed by atoms with van der Waals surface area (Å²) in [7, 11) is -3.54. The minimum absolute atomic E-state index is 0.0246. The minimum Gasteiger partial charge on any atom is -0.377 e. The molecule has 134 valence electrons. The van der Waals surface area contributed by atoms with E-state index in [2.05, 4.69) is 4.98 Å². The molecule has 1 unspecified atom stereocenters. The minimum atomic E-state index is -3.54. The van der Waals surface area contributed by atoms with Crippen LogP contribution in [-0.2, 0) is 21.3 Å². The topological polar surface area (TPSA) is 85.5 Å². The Morgan fingerprint density at radius 1 is 1.36 bits per heavy atom. The molecule has 0 radical (unpaired) electrons. The first kappa shape index (κ1) is 18.0. The van der Waals surface area contributed by atoms with Gasteiger partial charge in [0.15, 0.2) is 0 Å². The molecule has 1 aromatic heterocycles. The first-order valence-corrected chi connectivity index (χ1v) is 9.85. The van der Waals surface area contributed by atoms with Crippen LogP contribution < -0.4 is 5.73 Å². The van der Waals surface area contributed by atoms with E-state index in [1.807, 2.05) is 25.1 Å². The summed E-state index contributed by atoms with van der Waals surface area (Å²) in [5.74, 6) is 0. The summed E-state index contributed by atoms with van der Waals surface area (Å²) in [6, 6.07) is 8.90. The van der Waals surface area contributed by atoms with Crippen molar-refractivity contribution in [2.75, 3.05) is 19.7 Å². The number of nitrogens with two attached hydrogens (primary N) is 1. The van der Waals surface area contributed by atoms with Crippen LogP contribution in [-0.4, -0.2) is 43.5 Å². The Balaban J connectivity index is 1.90. The van der Waals surface area contributed by atoms with E-state index < -0.39 is 10.0 Å². The van der Waals surface area contributed by atoms with Gasteiger partial charge in [0.05, 0.1) is 11.0 Å². The van der Waals surface area contributed by atoms with Crippen LogP contribution in [0.2, 0.25) is 0 Å². The van der Waals surface area contributed by atoms with Crippen molar-refractivity contribution < 1.29 is 13.2 Å². The zero-order chi connectivity index (χ0) is 17.9. The monoisotopic (exact) mass is 361 g/mol. The summed E-state index contributed by atoms with van der Waals surface area (Å²) in [4.78, 5) is 4.39. The summed E-state index contributed by atoms with van der Waals surface area (Å²) in [5, 5.41) is 0. The molecular formula is C18H23N3O3S. The second-order valence-electron chi connectivity index (χ2n) is 5.99. The normalized spacial score (nSPS) is 18.6. The lowest BCUT2D eigenvalue weighted by Crippen LogP contribution is -2.30. The van der Waals surface area contributed by atoms with E-state index >= 15 is 0 Å². The van der Waals surface area contributed by atoms with Crippen molar-refractivity contribution in [2.45, 2.75) is 30.9 Å². The number of pyridine rings is 1. The number of ether oxygens (including phenoxy) is 1. The van der Waals surface area contributed by atoms with E-state index in [0.717, 1.165) is 23.1 Å². The first-order chi connectivity index (χ1) is 12.1. The number of hydrogen-bond donors (Lipinski definition) is 1. The van der Waals surface area contributed by atoms with Crippen molar-refractivity contribution in [2.24, 2.45) is 5.73 Å². The first-order valence-electron chi connectivity index (χ1n) is 8.41. The van der Waals surface area contributed by atoms with Crippen LogP contribution >= 0.6 is 0 Å². The van der Waals surface area contributed by atoms with Gasteiger partial charge in [-0.05, 0) is 42.7 Å². The van der Waals surface area contributed by atoms with E-state index in [9.17, 15) is 8.42 Å². The molecule has 1 aromatic carbocycles. The Morgan fingerprint density at radius 2 is 2.20 bits per heavy atom. The Bertz CT molecular complexity index is 825. The molecule has 2 heterocycles. The van der Waals surface area contributed by atoms with Gasteiger partial charge in [-0.15, -0.1) is 0 Å². The van der Waals surface area contributed by atoms with E-state index in [1.54, 1.807) is 24.5 Å². The largest absolute Gasteiger partial charge is 0.377 e. The van der Waals surface area contributed by atoms with Crippen molar-refractivity contribution in [3.05, 3.63) is 48.3 Å². The van der Waals surface area contributed by atoms with Crippen LogP contribution in [0, 0.1) is 0 Å². The van der Waals surface area contributed by atoms with Gasteiger partial charge < -0.3 is 10.5 Å². The molecule has 0 bridgehead atoms. The van der Waals surface area contributed by atoms with Crippen molar-refractivity contribution in [1.29, 1.82) is 0 Å². The van der Waals surface area contributed by atoms with Crippen LogP contribution in [0.3, 0.4) is 0 Å². The molecule has 1 atom stereocenters. The Labute approximate surface area is 148 Å². The third-order valence-corrected chi connectivity index (χ3v) is 6.28. The Morgan fingerprint density at radius 3 is 2.88 bits per heavy atom. The van der Waals surface area contributed by atoms with E-state index in [1.165, 1.54) is 4.31 Å². The van der Waals surface area contributed by atoms with Gasteiger partial charge in [-0.3, -0.25) is 4.98 Å². The van der Waals surface area contributed by atoms with Crippen LogP contribution in [0.15, 0.2) is 47.6 Å². The van der Waals surface area contributed by atoms with Gasteiger partial charge in [0.25, 0.3) is 0 Å². The predicted molar refractivity (Wildman–Crippen MR) is 96.4 cm³/mol. The molecule has 7 heteroatoms. The van der Waals surface area contributed by atoms with Crippen molar-refractivity contribution in [3.8, 4) is 11.1 Å². The Kier molecular flexibility index (Phi) is 5.48. The highest BCUT2D eigenvalue weighted by atomic mass is 32.2. The summed E-state index contributed by atoms with van der Waals surface area (Å²) < 4.78 is 32.9. The van der Waals surface area contributed by atoms with Crippen LogP contribution in [0.25, 0.3) is 11.1 Å². The number of hydrogen-bond acceptors (Lipinski definition) is 5. The number of nitrogens with zero attached hydrogens (tertiary/aromatic N) is 2. The van der Waals surface area contributed by atoms with Gasteiger partial charge in [0, 0.05) is 44.2 Å². The summed E-state index contributed by atoms with van der Waals surface area (Å²) in [5.41, 5.74) is 8.48. The van der Waals surface area contributed by atoms with E-state index in [-0.39, 0.29) is 17.5 Å². The molecular weight excluding hydrogens is 338 g/mol. The molecule has 0 aliphatic carbocycles. The standard InChI is InChI=1S/C18H23N3O3S/c1-2-24-16-7-9-21(13-16)25(22,23)17-5-6-18(15(10-17)11-19)14-4-3-8-20-12-14/h3-6,8,10,12,16H,2,7,9,11,13,19H2,1H3. The predicted octanol–water partition coefficient (Wildman–Crippen LogP) is 2.01. The molecule has 3 rings (SSSR count). The lowest BCUT2D eigenvalue weighted by Gasteiger charge is -2.18. The number of sulfonamides is 1. The molecule has 1 aliphatic heterocycles. The molecule has 2 N–H and O–H groups in total. The molecule has 6 nitrogen and oxygen atoms in total. The van der Waals surface area contributed by atoms with Crippen molar-refractivity contribution in [3.63, 3.8) is 0 Å². The van der Waals surface area contributed by atoms with Gasteiger partial charge >= 0.3 is 0 Å². The zero-order valence-electron chi connectivity index (χ0n) is 14.3. The quantitative estimate of drug-likeness (QED) is 0.851. The third kappa shape index (κ3) is 3.74. The lowest BCUT2D eigenvalue weighted by atomic mass is 10.0. The average molecular weight is 361 g/mol. The van der Waals surface area contributed by atoms with Gasteiger partial charge in [0.1, 0.15) is 0 Å². The van der Waals surface area contributed by atoms with Crippen LogP contribution in [0.1, 0.15) is 18.9 Å². The second-order valence-corrected chi connectivity index (χ2v) is 7.93. The third-order valence-electron chi connectivity index (χ3n) is 4.42. The molecule has 1 fully saturated rings. The smallest absolute Gasteiger partial charge is 0.243 e. The number of rotatable bonds is 6. The van der Waals surface area contributed by atoms with Crippen molar-refractivity contribution in [1.82, 2.24) is 9.29 Å². The number of aromatic nitrogens is 1. The molecule has 1 aliphatic rings. The fourth-order valence-electron chi connectivity index (χ4n) is 3.14. The highest BCUT2D eigenvalue weighted by Gasteiger charge is 2.33.